The Bertz CT molecular complexity index is 737. The second kappa shape index (κ2) is 10.7. The van der Waals surface area contributed by atoms with Crippen LogP contribution in [0.1, 0.15) is 51.6 Å². The minimum atomic E-state index is -0.112. The highest BCUT2D eigenvalue weighted by Crippen LogP contribution is 2.34. The van der Waals surface area contributed by atoms with E-state index in [0.29, 0.717) is 32.8 Å². The third kappa shape index (κ3) is 5.88. The van der Waals surface area contributed by atoms with E-state index in [4.69, 9.17) is 9.47 Å². The van der Waals surface area contributed by atoms with Crippen molar-refractivity contribution in [1.82, 2.24) is 15.5 Å². The van der Waals surface area contributed by atoms with Crippen molar-refractivity contribution in [3.05, 3.63) is 23.8 Å². The summed E-state index contributed by atoms with van der Waals surface area (Å²) in [6.07, 6.45) is 2.68. The van der Waals surface area contributed by atoms with E-state index in [-0.39, 0.29) is 29.7 Å². The van der Waals surface area contributed by atoms with Gasteiger partial charge in [-0.3, -0.25) is 14.5 Å². The van der Waals surface area contributed by atoms with E-state index in [1.165, 1.54) is 0 Å². The number of rotatable bonds is 7. The summed E-state index contributed by atoms with van der Waals surface area (Å²) >= 11 is 0. The largest absolute Gasteiger partial charge is 0.490 e. The summed E-state index contributed by atoms with van der Waals surface area (Å²) in [4.78, 5) is 27.1. The fourth-order valence-corrected chi connectivity index (χ4v) is 4.16. The molecule has 7 heteroatoms. The predicted molar refractivity (Wildman–Crippen MR) is 116 cm³/mol. The SMILES string of the molecule is CCNC(=O)C1CCCN(CC(=O)NC(c2ccc3c(c2)OCCCO3)C(C)C)C1. The zero-order valence-electron chi connectivity index (χ0n) is 18.4. The maximum absolute atomic E-state index is 12.8. The summed E-state index contributed by atoms with van der Waals surface area (Å²) in [7, 11) is 0. The second-order valence-electron chi connectivity index (χ2n) is 8.51. The minimum absolute atomic E-state index is 0.0163. The normalized spacial score (nSPS) is 20.3. The smallest absolute Gasteiger partial charge is 0.234 e. The van der Waals surface area contributed by atoms with E-state index in [2.05, 4.69) is 29.4 Å². The van der Waals surface area contributed by atoms with Crippen LogP contribution >= 0.6 is 0 Å². The molecule has 2 heterocycles. The molecule has 1 fully saturated rings. The lowest BCUT2D eigenvalue weighted by molar-refractivity contribution is -0.129. The third-order valence-corrected chi connectivity index (χ3v) is 5.71. The van der Waals surface area contributed by atoms with Gasteiger partial charge in [-0.1, -0.05) is 19.9 Å². The van der Waals surface area contributed by atoms with Crippen LogP contribution in [0.25, 0.3) is 0 Å². The van der Waals surface area contributed by atoms with Crippen LogP contribution in [0.2, 0.25) is 0 Å². The minimum Gasteiger partial charge on any atom is -0.490 e. The van der Waals surface area contributed by atoms with Gasteiger partial charge < -0.3 is 20.1 Å². The fourth-order valence-electron chi connectivity index (χ4n) is 4.16. The summed E-state index contributed by atoms with van der Waals surface area (Å²) in [5.74, 6) is 1.77. The Balaban J connectivity index is 1.62. The molecule has 0 spiro atoms. The van der Waals surface area contributed by atoms with Crippen LogP contribution in [0, 0.1) is 11.8 Å². The van der Waals surface area contributed by atoms with Crippen LogP contribution in [0.5, 0.6) is 11.5 Å². The molecular formula is C23H35N3O4. The van der Waals surface area contributed by atoms with Gasteiger partial charge in [0.1, 0.15) is 0 Å². The molecule has 2 amide bonds. The summed E-state index contributed by atoms with van der Waals surface area (Å²) in [6, 6.07) is 5.81. The van der Waals surface area contributed by atoms with E-state index < -0.39 is 0 Å². The van der Waals surface area contributed by atoms with Crippen molar-refractivity contribution in [3.8, 4) is 11.5 Å². The number of carbonyl (C=O) groups is 2. The molecule has 1 saturated heterocycles. The van der Waals surface area contributed by atoms with Gasteiger partial charge in [0.2, 0.25) is 11.8 Å². The summed E-state index contributed by atoms with van der Waals surface area (Å²) in [6.45, 7) is 9.85. The molecule has 1 aromatic carbocycles. The lowest BCUT2D eigenvalue weighted by atomic mass is 9.95. The van der Waals surface area contributed by atoms with Gasteiger partial charge in [-0.25, -0.2) is 0 Å². The second-order valence-corrected chi connectivity index (χ2v) is 8.51. The maximum atomic E-state index is 12.8. The molecule has 0 aliphatic carbocycles. The quantitative estimate of drug-likeness (QED) is 0.713. The third-order valence-electron chi connectivity index (χ3n) is 5.71. The number of hydrogen-bond acceptors (Lipinski definition) is 5. The van der Waals surface area contributed by atoms with Gasteiger partial charge in [0.25, 0.3) is 0 Å². The Morgan fingerprint density at radius 2 is 1.93 bits per heavy atom. The van der Waals surface area contributed by atoms with Gasteiger partial charge in [0.05, 0.1) is 31.7 Å². The number of benzene rings is 1. The highest BCUT2D eigenvalue weighted by atomic mass is 16.5. The first-order valence-electron chi connectivity index (χ1n) is 11.2. The molecule has 3 rings (SSSR count). The van der Waals surface area contributed by atoms with Gasteiger partial charge in [0, 0.05) is 19.5 Å². The molecule has 0 saturated carbocycles. The van der Waals surface area contributed by atoms with Crippen LogP contribution in [0.3, 0.4) is 0 Å². The Hall–Kier alpha value is -2.28. The number of nitrogens with zero attached hydrogens (tertiary/aromatic N) is 1. The van der Waals surface area contributed by atoms with Crippen molar-refractivity contribution >= 4 is 11.8 Å². The van der Waals surface area contributed by atoms with Crippen LogP contribution in [-0.4, -0.2) is 56.1 Å². The standard InChI is InChI=1S/C23H35N3O4/c1-4-24-23(28)18-7-5-10-26(14-18)15-21(27)25-22(16(2)3)17-8-9-19-20(13-17)30-12-6-11-29-19/h8-9,13,16,18,22H,4-7,10-12,14-15H2,1-3H3,(H,24,28)(H,25,27). The first-order chi connectivity index (χ1) is 14.5. The molecular weight excluding hydrogens is 382 g/mol. The molecule has 0 aromatic heterocycles. The van der Waals surface area contributed by atoms with E-state index in [1.807, 2.05) is 25.1 Å². The number of ether oxygens (including phenoxy) is 2. The summed E-state index contributed by atoms with van der Waals surface area (Å²) in [5.41, 5.74) is 1.02. The van der Waals surface area contributed by atoms with Crippen LogP contribution in [0.4, 0.5) is 0 Å². The van der Waals surface area contributed by atoms with Gasteiger partial charge >= 0.3 is 0 Å². The first-order valence-corrected chi connectivity index (χ1v) is 11.2. The molecule has 2 N–H and O–H groups in total. The highest BCUT2D eigenvalue weighted by Gasteiger charge is 2.27. The van der Waals surface area contributed by atoms with E-state index in [0.717, 1.165) is 42.9 Å². The highest BCUT2D eigenvalue weighted by molar-refractivity contribution is 5.80. The first kappa shape index (κ1) is 22.4. The number of amides is 2. The van der Waals surface area contributed by atoms with E-state index >= 15 is 0 Å². The van der Waals surface area contributed by atoms with Crippen molar-refractivity contribution in [3.63, 3.8) is 0 Å². The van der Waals surface area contributed by atoms with Gasteiger partial charge in [0.15, 0.2) is 11.5 Å². The summed E-state index contributed by atoms with van der Waals surface area (Å²) in [5, 5.41) is 6.09. The van der Waals surface area contributed by atoms with Crippen molar-refractivity contribution in [2.24, 2.45) is 11.8 Å². The Morgan fingerprint density at radius 3 is 2.67 bits per heavy atom. The molecule has 2 atom stereocenters. The fraction of sp³-hybridized carbons (Fsp3) is 0.652. The molecule has 1 aromatic rings. The van der Waals surface area contributed by atoms with Gasteiger partial charge in [-0.15, -0.1) is 0 Å². The molecule has 2 aliphatic rings. The topological polar surface area (TPSA) is 79.9 Å². The number of piperidine rings is 1. The number of fused-ring (bicyclic) bond motifs is 1. The Labute approximate surface area is 179 Å². The van der Waals surface area contributed by atoms with Crippen molar-refractivity contribution in [2.45, 2.75) is 46.1 Å². The molecule has 30 heavy (non-hydrogen) atoms. The molecule has 7 nitrogen and oxygen atoms in total. The Morgan fingerprint density at radius 1 is 1.17 bits per heavy atom. The average molecular weight is 418 g/mol. The zero-order chi connectivity index (χ0) is 21.5. The van der Waals surface area contributed by atoms with Crippen molar-refractivity contribution < 1.29 is 19.1 Å². The van der Waals surface area contributed by atoms with Crippen molar-refractivity contribution in [1.29, 1.82) is 0 Å². The van der Waals surface area contributed by atoms with Crippen LogP contribution < -0.4 is 20.1 Å². The Kier molecular flexibility index (Phi) is 7.96. The monoisotopic (exact) mass is 417 g/mol. The molecule has 2 unspecified atom stereocenters. The number of carbonyl (C=O) groups excluding carboxylic acids is 2. The van der Waals surface area contributed by atoms with Gasteiger partial charge in [-0.2, -0.15) is 0 Å². The lowest BCUT2D eigenvalue weighted by Crippen LogP contribution is -2.47. The number of nitrogens with one attached hydrogen (secondary N) is 2. The number of hydrogen-bond donors (Lipinski definition) is 2. The lowest BCUT2D eigenvalue weighted by Gasteiger charge is -2.32. The molecule has 2 aliphatic heterocycles. The van der Waals surface area contributed by atoms with Crippen LogP contribution in [-0.2, 0) is 9.59 Å². The summed E-state index contributed by atoms with van der Waals surface area (Å²) < 4.78 is 11.5. The van der Waals surface area contributed by atoms with Gasteiger partial charge in [-0.05, 0) is 49.9 Å². The zero-order valence-corrected chi connectivity index (χ0v) is 18.4. The van der Waals surface area contributed by atoms with Crippen molar-refractivity contribution in [2.75, 3.05) is 39.4 Å². The van der Waals surface area contributed by atoms with Crippen LogP contribution in [0.15, 0.2) is 18.2 Å². The molecule has 0 radical (unpaired) electrons. The number of likely N-dealkylation sites (tertiary alicyclic amines) is 1. The maximum Gasteiger partial charge on any atom is 0.234 e. The van der Waals surface area contributed by atoms with E-state index in [1.54, 1.807) is 0 Å². The van der Waals surface area contributed by atoms with E-state index in [9.17, 15) is 9.59 Å². The average Bonchev–Trinajstić information content (AvgIpc) is 2.97. The molecule has 0 bridgehead atoms. The predicted octanol–water partition coefficient (Wildman–Crippen LogP) is 2.51. The molecule has 166 valence electrons.